The molecule has 0 saturated heterocycles. The van der Waals surface area contributed by atoms with Crippen LogP contribution >= 0.6 is 0 Å². The zero-order valence-electron chi connectivity index (χ0n) is 13.7. The van der Waals surface area contributed by atoms with Crippen LogP contribution in [0.1, 0.15) is 48.9 Å². The van der Waals surface area contributed by atoms with Crippen LogP contribution in [0.2, 0.25) is 0 Å². The Hall–Kier alpha value is -1.60. The van der Waals surface area contributed by atoms with E-state index < -0.39 is 6.10 Å². The molecule has 1 N–H and O–H groups in total. The summed E-state index contributed by atoms with van der Waals surface area (Å²) in [7, 11) is 0. The van der Waals surface area contributed by atoms with Crippen LogP contribution in [0.15, 0.2) is 48.5 Å². The van der Waals surface area contributed by atoms with Gasteiger partial charge in [0, 0.05) is 11.3 Å². The maximum absolute atomic E-state index is 10.9. The predicted molar refractivity (Wildman–Crippen MR) is 89.8 cm³/mol. The van der Waals surface area contributed by atoms with Crippen molar-refractivity contribution in [2.45, 2.75) is 52.1 Å². The first-order valence-electron chi connectivity index (χ1n) is 7.64. The van der Waals surface area contributed by atoms with E-state index >= 15 is 0 Å². The summed E-state index contributed by atoms with van der Waals surface area (Å²) < 4.78 is 0. The molecule has 1 heteroatoms. The zero-order chi connectivity index (χ0) is 15.6. The Labute approximate surface area is 128 Å². The maximum atomic E-state index is 10.9. The van der Waals surface area contributed by atoms with Gasteiger partial charge in [-0.1, -0.05) is 80.4 Å². The van der Waals surface area contributed by atoms with Crippen molar-refractivity contribution >= 4 is 0 Å². The monoisotopic (exact) mass is 282 g/mol. The van der Waals surface area contributed by atoms with Gasteiger partial charge in [-0.15, -0.1) is 0 Å². The summed E-state index contributed by atoms with van der Waals surface area (Å²) in [5, 5.41) is 10.9. The molecule has 0 radical (unpaired) electrons. The largest absolute Gasteiger partial charge is 0.392 e. The summed E-state index contributed by atoms with van der Waals surface area (Å²) in [6, 6.07) is 16.9. The first-order valence-corrected chi connectivity index (χ1v) is 7.64. The minimum absolute atomic E-state index is 0.0990. The smallest absolute Gasteiger partial charge is 0.0697 e. The third-order valence-electron chi connectivity index (χ3n) is 4.61. The molecule has 112 valence electrons. The summed E-state index contributed by atoms with van der Waals surface area (Å²) in [5.74, 6) is 0.0990. The van der Waals surface area contributed by atoms with Crippen molar-refractivity contribution in [1.29, 1.82) is 0 Å². The molecule has 21 heavy (non-hydrogen) atoms. The van der Waals surface area contributed by atoms with E-state index in [4.69, 9.17) is 0 Å². The fraction of sp³-hybridized carbons (Fsp3) is 0.400. The van der Waals surface area contributed by atoms with Gasteiger partial charge in [0.25, 0.3) is 0 Å². The Morgan fingerprint density at radius 3 is 1.71 bits per heavy atom. The van der Waals surface area contributed by atoms with Gasteiger partial charge in [0.15, 0.2) is 0 Å². The van der Waals surface area contributed by atoms with Gasteiger partial charge >= 0.3 is 0 Å². The molecule has 0 aliphatic rings. The van der Waals surface area contributed by atoms with Crippen molar-refractivity contribution in [1.82, 2.24) is 0 Å². The summed E-state index contributed by atoms with van der Waals surface area (Å²) in [5.41, 5.74) is 4.58. The highest BCUT2D eigenvalue weighted by molar-refractivity contribution is 5.32. The number of hydrogen-bond donors (Lipinski definition) is 1. The average Bonchev–Trinajstić information content (AvgIpc) is 2.47. The SMILES string of the molecule is Cc1ccc(C(C)C(O)C(C)(C)c2ccc(C)cc2)cc1. The van der Waals surface area contributed by atoms with E-state index in [0.29, 0.717) is 0 Å². The van der Waals surface area contributed by atoms with Crippen LogP contribution in [0.4, 0.5) is 0 Å². The lowest BCUT2D eigenvalue weighted by Gasteiger charge is -2.35. The molecule has 0 amide bonds. The van der Waals surface area contributed by atoms with E-state index in [2.05, 4.69) is 83.1 Å². The molecule has 0 aliphatic heterocycles. The lowest BCUT2D eigenvalue weighted by atomic mass is 9.73. The Kier molecular flexibility index (Phi) is 4.53. The standard InChI is InChI=1S/C20H26O/c1-14-6-10-17(11-7-14)16(3)19(21)20(4,5)18-12-8-15(2)9-13-18/h6-13,16,19,21H,1-5H3. The molecule has 2 rings (SSSR count). The molecule has 0 saturated carbocycles. The summed E-state index contributed by atoms with van der Waals surface area (Å²) in [6.45, 7) is 10.5. The van der Waals surface area contributed by atoms with Crippen molar-refractivity contribution in [2.24, 2.45) is 0 Å². The van der Waals surface area contributed by atoms with E-state index in [1.54, 1.807) is 0 Å². The fourth-order valence-electron chi connectivity index (χ4n) is 2.83. The van der Waals surface area contributed by atoms with Gasteiger partial charge in [-0.25, -0.2) is 0 Å². The molecule has 2 atom stereocenters. The fourth-order valence-corrected chi connectivity index (χ4v) is 2.83. The van der Waals surface area contributed by atoms with Crippen molar-refractivity contribution in [3.8, 4) is 0 Å². The topological polar surface area (TPSA) is 20.2 Å². The highest BCUT2D eigenvalue weighted by atomic mass is 16.3. The van der Waals surface area contributed by atoms with E-state index in [-0.39, 0.29) is 11.3 Å². The molecule has 0 fully saturated rings. The van der Waals surface area contributed by atoms with Gasteiger partial charge in [-0.05, 0) is 25.0 Å². The Morgan fingerprint density at radius 1 is 0.810 bits per heavy atom. The highest BCUT2D eigenvalue weighted by Crippen LogP contribution is 2.35. The van der Waals surface area contributed by atoms with Gasteiger partial charge in [-0.3, -0.25) is 0 Å². The minimum atomic E-state index is -0.428. The van der Waals surface area contributed by atoms with Crippen LogP contribution in [0.5, 0.6) is 0 Å². The number of aliphatic hydroxyl groups excluding tert-OH is 1. The summed E-state index contributed by atoms with van der Waals surface area (Å²) >= 11 is 0. The van der Waals surface area contributed by atoms with Crippen LogP contribution in [-0.2, 0) is 5.41 Å². The van der Waals surface area contributed by atoms with Gasteiger partial charge in [-0.2, -0.15) is 0 Å². The number of rotatable bonds is 4. The van der Waals surface area contributed by atoms with Gasteiger partial charge in [0.05, 0.1) is 6.10 Å². The predicted octanol–water partition coefficient (Wildman–Crippen LogP) is 4.75. The molecule has 2 unspecified atom stereocenters. The number of hydrogen-bond acceptors (Lipinski definition) is 1. The third-order valence-corrected chi connectivity index (χ3v) is 4.61. The molecule has 1 nitrogen and oxygen atoms in total. The van der Waals surface area contributed by atoms with Crippen molar-refractivity contribution in [3.05, 3.63) is 70.8 Å². The van der Waals surface area contributed by atoms with E-state index in [0.717, 1.165) is 0 Å². The highest BCUT2D eigenvalue weighted by Gasteiger charge is 2.34. The van der Waals surface area contributed by atoms with Crippen molar-refractivity contribution < 1.29 is 5.11 Å². The van der Waals surface area contributed by atoms with Gasteiger partial charge in [0.2, 0.25) is 0 Å². The second-order valence-electron chi connectivity index (χ2n) is 6.73. The van der Waals surface area contributed by atoms with E-state index in [1.165, 1.54) is 22.3 Å². The Bertz CT molecular complexity index is 578. The lowest BCUT2D eigenvalue weighted by Crippen LogP contribution is -2.37. The summed E-state index contributed by atoms with van der Waals surface area (Å²) in [6.07, 6.45) is -0.428. The molecule has 0 heterocycles. The first kappa shape index (κ1) is 15.8. The van der Waals surface area contributed by atoms with Crippen LogP contribution in [0.25, 0.3) is 0 Å². The first-order chi connectivity index (χ1) is 9.82. The number of benzene rings is 2. The number of aliphatic hydroxyl groups is 1. The molecule has 2 aromatic rings. The zero-order valence-corrected chi connectivity index (χ0v) is 13.7. The molecular weight excluding hydrogens is 256 g/mol. The minimum Gasteiger partial charge on any atom is -0.392 e. The Morgan fingerprint density at radius 2 is 1.24 bits per heavy atom. The second-order valence-corrected chi connectivity index (χ2v) is 6.73. The Balaban J connectivity index is 2.26. The normalized spacial score (nSPS) is 14.8. The van der Waals surface area contributed by atoms with Crippen LogP contribution in [0.3, 0.4) is 0 Å². The van der Waals surface area contributed by atoms with Crippen LogP contribution in [0, 0.1) is 13.8 Å². The molecular formula is C20H26O. The summed E-state index contributed by atoms with van der Waals surface area (Å²) in [4.78, 5) is 0. The molecule has 2 aromatic carbocycles. The van der Waals surface area contributed by atoms with Gasteiger partial charge in [0.1, 0.15) is 0 Å². The van der Waals surface area contributed by atoms with E-state index in [9.17, 15) is 5.11 Å². The molecule has 0 aliphatic carbocycles. The van der Waals surface area contributed by atoms with E-state index in [1.807, 2.05) is 0 Å². The lowest BCUT2D eigenvalue weighted by molar-refractivity contribution is 0.0779. The molecule has 0 bridgehead atoms. The van der Waals surface area contributed by atoms with Crippen molar-refractivity contribution in [3.63, 3.8) is 0 Å². The average molecular weight is 282 g/mol. The third kappa shape index (κ3) is 3.36. The molecule has 0 spiro atoms. The quantitative estimate of drug-likeness (QED) is 0.858. The van der Waals surface area contributed by atoms with Crippen LogP contribution in [-0.4, -0.2) is 11.2 Å². The second kappa shape index (κ2) is 6.03. The van der Waals surface area contributed by atoms with Gasteiger partial charge < -0.3 is 5.11 Å². The van der Waals surface area contributed by atoms with Crippen molar-refractivity contribution in [2.75, 3.05) is 0 Å². The maximum Gasteiger partial charge on any atom is 0.0697 e. The van der Waals surface area contributed by atoms with Crippen LogP contribution < -0.4 is 0 Å². The number of aryl methyl sites for hydroxylation is 2. The molecule has 0 aromatic heterocycles.